The Balaban J connectivity index is 0.000000244. The van der Waals surface area contributed by atoms with Crippen LogP contribution >= 0.6 is 0 Å². The molecule has 16 nitrogen and oxygen atoms in total. The first-order valence-corrected chi connectivity index (χ1v) is 18.7. The predicted octanol–water partition coefficient (Wildman–Crippen LogP) is 7.98. The number of aromatic amines is 1. The van der Waals surface area contributed by atoms with E-state index < -0.39 is 12.3 Å². The summed E-state index contributed by atoms with van der Waals surface area (Å²) in [7, 11) is 1.86. The summed E-state index contributed by atoms with van der Waals surface area (Å²) in [6.07, 6.45) is 2.46. The van der Waals surface area contributed by atoms with Crippen molar-refractivity contribution in [1.29, 1.82) is 0 Å². The number of aryl methyl sites for hydroxylation is 2. The van der Waals surface area contributed by atoms with E-state index in [9.17, 15) is 19.8 Å². The van der Waals surface area contributed by atoms with Crippen molar-refractivity contribution in [3.8, 4) is 11.6 Å². The van der Waals surface area contributed by atoms with E-state index in [0.717, 1.165) is 37.1 Å². The van der Waals surface area contributed by atoms with Crippen molar-refractivity contribution in [3.05, 3.63) is 98.5 Å². The van der Waals surface area contributed by atoms with Crippen molar-refractivity contribution in [1.82, 2.24) is 28.9 Å². The largest absolute Gasteiger partial charge is 0.492 e. The summed E-state index contributed by atoms with van der Waals surface area (Å²) in [5, 5.41) is 51.3. The molecular weight excluding hydrogens is 764 g/mol. The van der Waals surface area contributed by atoms with E-state index in [4.69, 9.17) is 0 Å². The Hall–Kier alpha value is -5.38. The second kappa shape index (κ2) is 19.0. The van der Waals surface area contributed by atoms with E-state index in [1.54, 1.807) is 30.1 Å². The fourth-order valence-corrected chi connectivity index (χ4v) is 6.63. The number of aromatic nitrogens is 6. The monoisotopic (exact) mass is 815 g/mol. The van der Waals surface area contributed by atoms with Crippen LogP contribution in [0.3, 0.4) is 0 Å². The van der Waals surface area contributed by atoms with Crippen LogP contribution in [0.5, 0.6) is 5.88 Å². The van der Waals surface area contributed by atoms with Gasteiger partial charge in [-0.2, -0.15) is 20.0 Å². The maximum Gasteiger partial charge on any atom is 0.294 e. The zero-order chi connectivity index (χ0) is 40.0. The molecule has 0 amide bonds. The van der Waals surface area contributed by atoms with Crippen LogP contribution in [0.25, 0.3) is 5.69 Å². The molecule has 0 saturated heterocycles. The SMILES string of the molecule is CCC(CC)n1[nH]c(C)c(N=Nc2c(C)nn(-c3ccccc3)c2O)c1=O.CCC(CC)n1c(=O)c(N=NC2C(C)=NN(c3ccccc3)C2O)c(C)n1C.[Cu]. The van der Waals surface area contributed by atoms with Crippen molar-refractivity contribution < 1.29 is 27.3 Å². The van der Waals surface area contributed by atoms with E-state index in [1.807, 2.05) is 93.2 Å². The number of anilines is 1. The van der Waals surface area contributed by atoms with Crippen molar-refractivity contribution in [2.45, 2.75) is 105 Å². The summed E-state index contributed by atoms with van der Waals surface area (Å²) in [4.78, 5) is 25.6. The van der Waals surface area contributed by atoms with Gasteiger partial charge in [0, 0.05) is 24.1 Å². The van der Waals surface area contributed by atoms with Crippen molar-refractivity contribution >= 4 is 28.5 Å². The normalized spacial score (nSPS) is 15.6. The predicted molar refractivity (Wildman–Crippen MR) is 214 cm³/mol. The van der Waals surface area contributed by atoms with Gasteiger partial charge < -0.3 is 10.2 Å². The molecule has 2 unspecified atom stereocenters. The molecule has 3 N–H and O–H groups in total. The van der Waals surface area contributed by atoms with Crippen LogP contribution < -0.4 is 16.1 Å². The Morgan fingerprint density at radius 3 is 1.89 bits per heavy atom. The average Bonchev–Trinajstić information content (AvgIpc) is 3.82. The number of benzene rings is 2. The van der Waals surface area contributed by atoms with Crippen LogP contribution in [0.15, 0.2) is 95.8 Å². The quantitative estimate of drug-likeness (QED) is 0.0846. The molecule has 5 aromatic rings. The third-order valence-electron chi connectivity index (χ3n) is 10.0. The number of aliphatic hydroxyl groups excluding tert-OH is 1. The van der Waals surface area contributed by atoms with Gasteiger partial charge in [-0.25, -0.2) is 14.4 Å². The Bertz CT molecular complexity index is 2280. The molecule has 1 radical (unpaired) electrons. The molecule has 303 valence electrons. The molecular formula is C39H52CuN12O4. The molecule has 0 aliphatic carbocycles. The molecule has 2 aromatic carbocycles. The van der Waals surface area contributed by atoms with E-state index in [2.05, 4.69) is 49.6 Å². The fourth-order valence-electron chi connectivity index (χ4n) is 6.63. The van der Waals surface area contributed by atoms with Crippen LogP contribution in [-0.4, -0.2) is 57.1 Å². The standard InChI is InChI=1S/C20H28N6O2.C19H24N6O2.Cu/c1-6-15(7-2)26-20(28)18(14(4)24(26)5)22-21-17-13(3)23-25(19(17)27)16-11-9-8-10-12-16;1-5-14(6-2)24-18(26)16(12(3)22-24)20-21-17-13(4)23-25(19(17)27)15-10-8-7-9-11-15;/h8-12,15,17,19,27H,6-7H2,1-5H3;7-11,14,22,27H,5-6H2,1-4H3;. The van der Waals surface area contributed by atoms with Gasteiger partial charge in [0.1, 0.15) is 0 Å². The minimum Gasteiger partial charge on any atom is -0.492 e. The van der Waals surface area contributed by atoms with Crippen LogP contribution in [0, 0.1) is 20.8 Å². The number of nitrogens with one attached hydrogen (secondary N) is 1. The third-order valence-corrected chi connectivity index (χ3v) is 10.0. The number of hydrazone groups is 1. The van der Waals surface area contributed by atoms with Gasteiger partial charge in [-0.3, -0.25) is 19.4 Å². The minimum absolute atomic E-state index is 0. The molecule has 0 spiro atoms. The van der Waals surface area contributed by atoms with Gasteiger partial charge in [-0.1, -0.05) is 64.1 Å². The molecule has 6 rings (SSSR count). The molecule has 3 aromatic heterocycles. The molecule has 0 bridgehead atoms. The summed E-state index contributed by atoms with van der Waals surface area (Å²) >= 11 is 0. The van der Waals surface area contributed by atoms with Crippen molar-refractivity contribution in [2.75, 3.05) is 5.01 Å². The number of hydrogen-bond acceptors (Lipinski definition) is 11. The summed E-state index contributed by atoms with van der Waals surface area (Å²) in [6, 6.07) is 18.3. The van der Waals surface area contributed by atoms with Crippen LogP contribution in [0.4, 0.5) is 22.7 Å². The molecule has 1 aliphatic heterocycles. The number of aliphatic hydroxyl groups is 1. The molecule has 4 heterocycles. The molecule has 1 aliphatic rings. The molecule has 2 atom stereocenters. The smallest absolute Gasteiger partial charge is 0.294 e. The van der Waals surface area contributed by atoms with Crippen molar-refractivity contribution in [2.24, 2.45) is 32.6 Å². The van der Waals surface area contributed by atoms with E-state index in [-0.39, 0.29) is 57.5 Å². The first kappa shape index (κ1) is 43.3. The van der Waals surface area contributed by atoms with Gasteiger partial charge in [0.05, 0.1) is 46.3 Å². The Morgan fingerprint density at radius 2 is 1.32 bits per heavy atom. The first-order chi connectivity index (χ1) is 26.4. The van der Waals surface area contributed by atoms with E-state index in [1.165, 1.54) is 9.69 Å². The van der Waals surface area contributed by atoms with Crippen molar-refractivity contribution in [3.63, 3.8) is 0 Å². The number of rotatable bonds is 12. The van der Waals surface area contributed by atoms with Gasteiger partial charge >= 0.3 is 0 Å². The van der Waals surface area contributed by atoms with E-state index >= 15 is 0 Å². The van der Waals surface area contributed by atoms with Gasteiger partial charge in [-0.05, 0) is 77.6 Å². The number of nitrogens with zero attached hydrogens (tertiary/aromatic N) is 11. The number of hydrogen-bond donors (Lipinski definition) is 3. The Kier molecular flexibility index (Phi) is 14.7. The maximum absolute atomic E-state index is 12.9. The molecule has 0 fully saturated rings. The first-order valence-electron chi connectivity index (χ1n) is 18.7. The Labute approximate surface area is 336 Å². The van der Waals surface area contributed by atoms with Crippen LogP contribution in [0.1, 0.15) is 89.5 Å². The zero-order valence-corrected chi connectivity index (χ0v) is 34.3. The summed E-state index contributed by atoms with van der Waals surface area (Å²) in [5.41, 5.74) is 4.49. The molecule has 0 saturated carbocycles. The maximum atomic E-state index is 12.9. The van der Waals surface area contributed by atoms with Crippen LogP contribution in [0.2, 0.25) is 0 Å². The van der Waals surface area contributed by atoms with Gasteiger partial charge in [-0.15, -0.1) is 15.3 Å². The number of H-pyrrole nitrogens is 1. The fraction of sp³-hybridized carbons (Fsp3) is 0.436. The number of azo groups is 2. The topological polar surface area (TPSA) is 188 Å². The minimum atomic E-state index is -0.962. The average molecular weight is 816 g/mol. The number of aromatic hydroxyl groups is 1. The van der Waals surface area contributed by atoms with Gasteiger partial charge in [0.15, 0.2) is 29.3 Å². The second-order valence-electron chi connectivity index (χ2n) is 13.5. The van der Waals surface area contributed by atoms with Crippen LogP contribution in [-0.2, 0) is 24.1 Å². The summed E-state index contributed by atoms with van der Waals surface area (Å²) < 4.78 is 6.59. The van der Waals surface area contributed by atoms with Gasteiger partial charge in [0.2, 0.25) is 5.88 Å². The van der Waals surface area contributed by atoms with Gasteiger partial charge in [0.25, 0.3) is 11.1 Å². The summed E-state index contributed by atoms with van der Waals surface area (Å²) in [5.74, 6) is -0.115. The second-order valence-corrected chi connectivity index (χ2v) is 13.5. The zero-order valence-electron chi connectivity index (χ0n) is 33.3. The third kappa shape index (κ3) is 8.69. The number of para-hydroxylation sites is 2. The Morgan fingerprint density at radius 1 is 0.768 bits per heavy atom. The molecule has 17 heteroatoms. The summed E-state index contributed by atoms with van der Waals surface area (Å²) in [6.45, 7) is 15.4. The molecule has 56 heavy (non-hydrogen) atoms. The van der Waals surface area contributed by atoms with E-state index in [0.29, 0.717) is 28.5 Å².